The molecule has 0 radical (unpaired) electrons. The first-order chi connectivity index (χ1) is 9.04. The monoisotopic (exact) mass is 265 g/mol. The van der Waals surface area contributed by atoms with Gasteiger partial charge >= 0.3 is 5.97 Å². The van der Waals surface area contributed by atoms with Gasteiger partial charge in [-0.15, -0.1) is 0 Å². The summed E-state index contributed by atoms with van der Waals surface area (Å²) in [6.45, 7) is 3.79. The Hall–Kier alpha value is -1.88. The normalized spacial score (nSPS) is 13.6. The molecule has 1 aromatic rings. The van der Waals surface area contributed by atoms with E-state index in [-0.39, 0.29) is 6.42 Å². The molecule has 0 saturated heterocycles. The molecule has 0 aliphatic carbocycles. The number of carboxylic acid groups (broad SMARTS) is 1. The van der Waals surface area contributed by atoms with E-state index < -0.39 is 24.0 Å². The topological polar surface area (TPSA) is 75.6 Å². The summed E-state index contributed by atoms with van der Waals surface area (Å²) in [4.78, 5) is 22.9. The second kappa shape index (κ2) is 7.53. The summed E-state index contributed by atoms with van der Waals surface area (Å²) < 4.78 is 5.13. The van der Waals surface area contributed by atoms with Crippen LogP contribution in [0.25, 0.3) is 0 Å². The van der Waals surface area contributed by atoms with Gasteiger partial charge in [-0.25, -0.2) is 4.79 Å². The van der Waals surface area contributed by atoms with E-state index in [1.807, 2.05) is 30.3 Å². The molecule has 0 aliphatic heterocycles. The molecule has 1 rings (SSSR count). The fourth-order valence-corrected chi connectivity index (χ4v) is 1.66. The molecule has 0 saturated carbocycles. The van der Waals surface area contributed by atoms with E-state index in [4.69, 9.17) is 9.84 Å². The van der Waals surface area contributed by atoms with E-state index in [2.05, 4.69) is 5.32 Å². The number of rotatable bonds is 7. The van der Waals surface area contributed by atoms with Crippen molar-refractivity contribution in [3.8, 4) is 0 Å². The zero-order chi connectivity index (χ0) is 14.3. The van der Waals surface area contributed by atoms with E-state index in [0.29, 0.717) is 6.61 Å². The zero-order valence-electron chi connectivity index (χ0n) is 11.1. The summed E-state index contributed by atoms with van der Waals surface area (Å²) in [5.74, 6) is -1.47. The van der Waals surface area contributed by atoms with Crippen LogP contribution in [0.1, 0.15) is 19.4 Å². The molecule has 5 nitrogen and oxygen atoms in total. The summed E-state index contributed by atoms with van der Waals surface area (Å²) in [5, 5.41) is 11.6. The Morgan fingerprint density at radius 3 is 2.47 bits per heavy atom. The van der Waals surface area contributed by atoms with Gasteiger partial charge in [0, 0.05) is 13.0 Å². The quantitative estimate of drug-likeness (QED) is 0.777. The highest BCUT2D eigenvalue weighted by Crippen LogP contribution is 2.04. The Kier molecular flexibility index (Phi) is 6.02. The highest BCUT2D eigenvalue weighted by molar-refractivity contribution is 5.86. The first-order valence-electron chi connectivity index (χ1n) is 6.23. The molecular formula is C14H19NO4. The number of aliphatic carboxylic acids is 1. The van der Waals surface area contributed by atoms with Crippen LogP contribution in [0.2, 0.25) is 0 Å². The standard InChI is InChI=1S/C14H19NO4/c1-3-19-10(2)13(16)15-12(14(17)18)9-11-7-5-4-6-8-11/h4-8,10,12H,3,9H2,1-2H3,(H,15,16)(H,17,18)/t10?,12-/m1/s1. The second-order valence-electron chi connectivity index (χ2n) is 4.19. The van der Waals surface area contributed by atoms with Crippen molar-refractivity contribution >= 4 is 11.9 Å². The molecule has 1 aromatic carbocycles. The fraction of sp³-hybridized carbons (Fsp3) is 0.429. The van der Waals surface area contributed by atoms with Crippen molar-refractivity contribution in [1.82, 2.24) is 5.32 Å². The van der Waals surface area contributed by atoms with Crippen molar-refractivity contribution in [1.29, 1.82) is 0 Å². The van der Waals surface area contributed by atoms with E-state index in [9.17, 15) is 9.59 Å². The molecule has 1 amide bonds. The van der Waals surface area contributed by atoms with Crippen LogP contribution in [0.4, 0.5) is 0 Å². The van der Waals surface area contributed by atoms with E-state index in [1.54, 1.807) is 13.8 Å². The molecule has 0 fully saturated rings. The minimum absolute atomic E-state index is 0.251. The maximum atomic E-state index is 11.7. The largest absolute Gasteiger partial charge is 0.480 e. The Labute approximate surface area is 112 Å². The third-order valence-electron chi connectivity index (χ3n) is 2.68. The van der Waals surface area contributed by atoms with Crippen molar-refractivity contribution in [3.63, 3.8) is 0 Å². The molecule has 1 unspecified atom stereocenters. The highest BCUT2D eigenvalue weighted by atomic mass is 16.5. The molecular weight excluding hydrogens is 246 g/mol. The second-order valence-corrected chi connectivity index (χ2v) is 4.19. The predicted octanol–water partition coefficient (Wildman–Crippen LogP) is 1.22. The number of hydrogen-bond acceptors (Lipinski definition) is 3. The van der Waals surface area contributed by atoms with Gasteiger partial charge in [0.15, 0.2) is 0 Å². The molecule has 0 aliphatic rings. The number of carboxylic acids is 1. The summed E-state index contributed by atoms with van der Waals surface area (Å²) in [6.07, 6.45) is -0.400. The van der Waals surface area contributed by atoms with Crippen LogP contribution in [0.15, 0.2) is 30.3 Å². The average molecular weight is 265 g/mol. The maximum Gasteiger partial charge on any atom is 0.326 e. The van der Waals surface area contributed by atoms with Crippen LogP contribution in [0, 0.1) is 0 Å². The van der Waals surface area contributed by atoms with Crippen LogP contribution in [-0.2, 0) is 20.7 Å². The smallest absolute Gasteiger partial charge is 0.326 e. The van der Waals surface area contributed by atoms with Gasteiger partial charge in [0.05, 0.1) is 0 Å². The molecule has 5 heteroatoms. The summed E-state index contributed by atoms with van der Waals surface area (Å²) in [7, 11) is 0. The van der Waals surface area contributed by atoms with Crippen molar-refractivity contribution in [2.24, 2.45) is 0 Å². The molecule has 2 atom stereocenters. The number of hydrogen-bond donors (Lipinski definition) is 2. The Balaban J connectivity index is 2.64. The van der Waals surface area contributed by atoms with Gasteiger partial charge in [-0.1, -0.05) is 30.3 Å². The lowest BCUT2D eigenvalue weighted by Gasteiger charge is -2.17. The van der Waals surface area contributed by atoms with Gasteiger partial charge in [0.25, 0.3) is 0 Å². The van der Waals surface area contributed by atoms with Crippen LogP contribution >= 0.6 is 0 Å². The van der Waals surface area contributed by atoms with E-state index >= 15 is 0 Å². The molecule has 0 heterocycles. The molecule has 2 N–H and O–H groups in total. The van der Waals surface area contributed by atoms with Gasteiger partial charge in [-0.2, -0.15) is 0 Å². The van der Waals surface area contributed by atoms with Crippen LogP contribution in [0.3, 0.4) is 0 Å². The van der Waals surface area contributed by atoms with Gasteiger partial charge in [0.2, 0.25) is 5.91 Å². The SMILES string of the molecule is CCOC(C)C(=O)N[C@H](Cc1ccccc1)C(=O)O. The first-order valence-corrected chi connectivity index (χ1v) is 6.23. The van der Waals surface area contributed by atoms with Crippen LogP contribution in [0.5, 0.6) is 0 Å². The summed E-state index contributed by atoms with van der Waals surface area (Å²) in [6, 6.07) is 8.23. The number of nitrogens with one attached hydrogen (secondary N) is 1. The Bertz CT molecular complexity index is 419. The number of ether oxygens (including phenoxy) is 1. The zero-order valence-corrected chi connectivity index (χ0v) is 11.1. The lowest BCUT2D eigenvalue weighted by atomic mass is 10.1. The van der Waals surface area contributed by atoms with E-state index in [0.717, 1.165) is 5.56 Å². The molecule has 0 aromatic heterocycles. The minimum Gasteiger partial charge on any atom is -0.480 e. The Morgan fingerprint density at radius 2 is 1.95 bits per heavy atom. The minimum atomic E-state index is -1.05. The third kappa shape index (κ3) is 5.09. The van der Waals surface area contributed by atoms with Gasteiger partial charge < -0.3 is 15.2 Å². The molecule has 0 spiro atoms. The number of carbonyl (C=O) groups excluding carboxylic acids is 1. The average Bonchev–Trinajstić information content (AvgIpc) is 2.39. The van der Waals surface area contributed by atoms with E-state index in [1.165, 1.54) is 0 Å². The van der Waals surface area contributed by atoms with Crippen molar-refractivity contribution in [3.05, 3.63) is 35.9 Å². The van der Waals surface area contributed by atoms with Crippen molar-refractivity contribution in [2.75, 3.05) is 6.61 Å². The molecule has 104 valence electrons. The van der Waals surface area contributed by atoms with Gasteiger partial charge in [-0.05, 0) is 19.4 Å². The predicted molar refractivity (Wildman–Crippen MR) is 70.8 cm³/mol. The number of carbonyl (C=O) groups is 2. The first kappa shape index (κ1) is 15.2. The number of amides is 1. The summed E-state index contributed by atoms with van der Waals surface area (Å²) >= 11 is 0. The third-order valence-corrected chi connectivity index (χ3v) is 2.68. The molecule has 19 heavy (non-hydrogen) atoms. The van der Waals surface area contributed by atoms with Crippen molar-refractivity contribution < 1.29 is 19.4 Å². The number of benzene rings is 1. The Morgan fingerprint density at radius 1 is 1.32 bits per heavy atom. The highest BCUT2D eigenvalue weighted by Gasteiger charge is 2.23. The maximum absolute atomic E-state index is 11.7. The lowest BCUT2D eigenvalue weighted by Crippen LogP contribution is -2.46. The van der Waals surface area contributed by atoms with Crippen LogP contribution in [-0.4, -0.2) is 35.7 Å². The van der Waals surface area contributed by atoms with Gasteiger partial charge in [-0.3, -0.25) is 4.79 Å². The molecule has 0 bridgehead atoms. The lowest BCUT2D eigenvalue weighted by molar-refractivity contribution is -0.143. The van der Waals surface area contributed by atoms with Crippen LogP contribution < -0.4 is 5.32 Å². The fourth-order valence-electron chi connectivity index (χ4n) is 1.66. The summed E-state index contributed by atoms with van der Waals surface area (Å²) in [5.41, 5.74) is 0.860. The van der Waals surface area contributed by atoms with Crippen molar-refractivity contribution in [2.45, 2.75) is 32.4 Å². The van der Waals surface area contributed by atoms with Gasteiger partial charge in [0.1, 0.15) is 12.1 Å².